The number of nitriles is 4. The number of benzene rings is 3. The monoisotopic (exact) mass is 2220 g/mol. The quantitative estimate of drug-likeness (QED) is 0.0619. The number of nitrogens with zero attached hydrogens (tertiary/aromatic N) is 17. The number of alkyl halides is 9. The van der Waals surface area contributed by atoms with Gasteiger partial charge in [0.15, 0.2) is 0 Å². The van der Waals surface area contributed by atoms with Crippen LogP contribution in [0.15, 0.2) is 174 Å². The fourth-order valence-electron chi connectivity index (χ4n) is 14.3. The summed E-state index contributed by atoms with van der Waals surface area (Å²) in [7, 11) is -11.3. The summed E-state index contributed by atoms with van der Waals surface area (Å²) >= 11 is 11.4. The summed E-state index contributed by atoms with van der Waals surface area (Å²) in [5, 5.41) is 38.3. The van der Waals surface area contributed by atoms with E-state index in [0.29, 0.717) is 33.9 Å². The molecular weight excluding hydrogens is 2150 g/mol. The molecule has 12 heterocycles. The van der Waals surface area contributed by atoms with Gasteiger partial charge >= 0.3 is 18.5 Å². The minimum Gasteiger partial charge on any atom is -0.495 e. The Kier molecular flexibility index (Phi) is 30.2. The van der Waals surface area contributed by atoms with Crippen LogP contribution >= 0.6 is 77.2 Å². The third kappa shape index (κ3) is 23.0. The number of carbonyl (C=O) groups excluding carboxylic acids is 1. The number of carbonyl (C=O) groups is 1. The lowest BCUT2D eigenvalue weighted by atomic mass is 9.93. The zero-order chi connectivity index (χ0) is 103. The molecule has 3 aromatic carbocycles. The Hall–Kier alpha value is -12.5. The van der Waals surface area contributed by atoms with Crippen LogP contribution in [0.25, 0.3) is 41.8 Å². The van der Waals surface area contributed by atoms with Gasteiger partial charge in [-0.3, -0.25) is 14.8 Å². The molecule has 0 aliphatic carbocycles. The molecule has 56 heteroatoms. The number of nitrogens with one attached hydrogen (secondary N) is 1. The summed E-state index contributed by atoms with van der Waals surface area (Å²) in [4.78, 5) is 48.4. The highest BCUT2D eigenvalue weighted by Gasteiger charge is 2.52. The van der Waals surface area contributed by atoms with Gasteiger partial charge in [0.2, 0.25) is 79.9 Å². The second-order valence-corrected chi connectivity index (χ2v) is 48.0. The fraction of sp³-hybridized carbons (Fsp3) is 0.289. The number of methoxy groups -OCH3 is 1. The number of aromatic nitrogens is 3. The van der Waals surface area contributed by atoms with E-state index in [2.05, 4.69) is 89.2 Å². The first-order valence-corrected chi connectivity index (χ1v) is 52.2. The van der Waals surface area contributed by atoms with Gasteiger partial charge in [-0.05, 0) is 163 Å². The van der Waals surface area contributed by atoms with E-state index in [4.69, 9.17) is 54.5 Å². The number of ether oxygens (including phenoxy) is 1. The largest absolute Gasteiger partial charge is 0.495 e. The van der Waals surface area contributed by atoms with Crippen molar-refractivity contribution in [3.05, 3.63) is 225 Å². The summed E-state index contributed by atoms with van der Waals surface area (Å²) in [6.45, 7) is 7.46. The van der Waals surface area contributed by atoms with Gasteiger partial charge in [-0.2, -0.15) is 60.6 Å². The summed E-state index contributed by atoms with van der Waals surface area (Å²) in [6, 6.07) is 34.0. The second kappa shape index (κ2) is 39.3. The van der Waals surface area contributed by atoms with Crippen LogP contribution in [0.1, 0.15) is 109 Å². The van der Waals surface area contributed by atoms with Crippen LogP contribution in [0.3, 0.4) is 0 Å². The number of hydrogen-bond acceptors (Lipinski definition) is 33. The number of thiophene rings is 4. The van der Waals surface area contributed by atoms with E-state index in [1.807, 2.05) is 36.4 Å². The van der Waals surface area contributed by atoms with Crippen LogP contribution in [0, 0.1) is 51.1 Å². The lowest BCUT2D eigenvalue weighted by molar-refractivity contribution is -0.139. The van der Waals surface area contributed by atoms with Gasteiger partial charge in [0.05, 0.1) is 93.2 Å². The van der Waals surface area contributed by atoms with Gasteiger partial charge in [0.25, 0.3) is 5.91 Å². The Labute approximate surface area is 822 Å². The highest BCUT2D eigenvalue weighted by molar-refractivity contribution is 9.11. The number of rotatable bonds is 12. The van der Waals surface area contributed by atoms with Crippen molar-refractivity contribution in [3.63, 3.8) is 0 Å². The molecule has 0 unspecified atom stereocenters. The first kappa shape index (κ1) is 107. The maximum atomic E-state index is 14.6. The van der Waals surface area contributed by atoms with Crippen LogP contribution < -0.4 is 38.7 Å². The van der Waals surface area contributed by atoms with Crippen molar-refractivity contribution in [2.75, 3.05) is 76.4 Å². The number of sulfonamides is 5. The van der Waals surface area contributed by atoms with Crippen LogP contribution in [-0.2, 0) is 96.3 Å². The van der Waals surface area contributed by atoms with E-state index in [9.17, 15) is 90.8 Å². The van der Waals surface area contributed by atoms with E-state index in [-0.39, 0.29) is 83.4 Å². The fourth-order valence-corrected chi connectivity index (χ4v) is 28.8. The number of halogens is 12. The third-order valence-corrected chi connectivity index (χ3v) is 38.8. The number of aliphatic imine (C=N–C) groups is 5. The summed E-state index contributed by atoms with van der Waals surface area (Å²) in [5.41, 5.74) is 21.0. The molecule has 0 spiro atoms. The van der Waals surface area contributed by atoms with Crippen molar-refractivity contribution < 1.29 is 95.5 Å². The molecular formula is C83H77Br2F10N23O12S9. The Morgan fingerprint density at radius 1 is 0.417 bits per heavy atom. The zero-order valence-corrected chi connectivity index (χ0v) is 84.4. The van der Waals surface area contributed by atoms with Crippen LogP contribution in [0.2, 0.25) is 0 Å². The lowest BCUT2D eigenvalue weighted by Crippen LogP contribution is -2.50. The number of nitrogens with two attached hydrogens (primary N) is 5. The molecule has 10 aromatic rings. The van der Waals surface area contributed by atoms with Crippen LogP contribution in [0.5, 0.6) is 5.75 Å². The topological polar surface area (TPSA) is 551 Å². The van der Waals surface area contributed by atoms with Crippen molar-refractivity contribution in [1.82, 2.24) is 36.5 Å². The Balaban J connectivity index is 0.000000167. The Morgan fingerprint density at radius 2 is 0.727 bits per heavy atom. The molecule has 5 atom stereocenters. The Morgan fingerprint density at radius 3 is 1.06 bits per heavy atom. The zero-order valence-electron chi connectivity index (χ0n) is 73.9. The standard InChI is InChI=1S/C19H19F4N5O4S.C17H15F3N4O2S2.C16H15BrN4O2S2.C16H14F3N5O2S2.C15H14BrN5O2S2/c1-18(9-33(30,31)28(2)17(24)27-18)12-6-10(4-5-14(12)20)26-16(29)15-13(19(21,22)23)7-11(32-3)8-25-15;1-16(9-28(25,26)24(2)15(22)23-16)14-12(17(18,19)20)7-13(27-14)11-5-3-4-10(6-11)8-21;1-16(9-25(22,23)21(2)15(19)20-16)14-12(17)7-13(24-14)11-5-3-4-10(6-11)8-18;1-15(8-28(25,26)24(2)14(21)23-15)13-11(16(17,18)19)4-12(27-13)10-3-9(5-20)6-22-7-10;1-15(8-25(22,23)21(2)14(18)20-15)13-11(16)4-12(24-13)10-3-9(5-17)6-19-7-10/h4-8H,9H2,1-3H3,(H2,24,27)(H,26,29);3-7H,9H2,1-2H3,(H2,22,23);3-7H,9H2,1-2H3,(H2,19,20);3-4,6-7H,8H2,1-2H3,(H2,21,23);3-4,6-7H,8H2,1-2H3,(H2,18,20)/t18-;2*16-;2*15-/m00000/s1. The summed E-state index contributed by atoms with van der Waals surface area (Å²) < 4.78 is 271. The molecule has 35 nitrogen and oxygen atoms in total. The molecule has 11 N–H and O–H groups in total. The minimum atomic E-state index is -4.90. The van der Waals surface area contributed by atoms with Crippen molar-refractivity contribution in [2.24, 2.45) is 53.6 Å². The van der Waals surface area contributed by atoms with Gasteiger partial charge in [0, 0.05) is 130 Å². The molecule has 734 valence electrons. The summed E-state index contributed by atoms with van der Waals surface area (Å²) in [5.74, 6) is -5.69. The maximum absolute atomic E-state index is 14.6. The molecule has 139 heavy (non-hydrogen) atoms. The first-order chi connectivity index (χ1) is 64.2. The van der Waals surface area contributed by atoms with Gasteiger partial charge in [-0.15, -0.1) is 45.3 Å². The summed E-state index contributed by atoms with van der Waals surface area (Å²) in [6.07, 6.45) is -7.62. The highest BCUT2D eigenvalue weighted by Crippen LogP contribution is 2.52. The van der Waals surface area contributed by atoms with Crippen LogP contribution in [0.4, 0.5) is 49.6 Å². The van der Waals surface area contributed by atoms with E-state index >= 15 is 0 Å². The van der Waals surface area contributed by atoms with Crippen LogP contribution in [-0.4, -0.2) is 185 Å². The second-order valence-electron chi connectivity index (χ2n) is 32.1. The number of hydrogen-bond donors (Lipinski definition) is 6. The average molecular weight is 2230 g/mol. The van der Waals surface area contributed by atoms with E-state index < -0.39 is 148 Å². The number of pyridine rings is 3. The number of amides is 1. The van der Waals surface area contributed by atoms with Gasteiger partial charge in [0.1, 0.15) is 57.1 Å². The molecule has 5 aliphatic rings. The number of guanidine groups is 5. The molecule has 0 fully saturated rings. The Bertz CT molecular complexity index is 7240. The van der Waals surface area contributed by atoms with Gasteiger partial charge in [-0.1, -0.05) is 24.3 Å². The average Bonchev–Trinajstić information content (AvgIpc) is 1.65. The van der Waals surface area contributed by atoms with Crippen molar-refractivity contribution in [2.45, 2.75) is 80.8 Å². The third-order valence-electron chi connectivity index (χ3n) is 21.5. The molecule has 5 aliphatic heterocycles. The molecule has 15 rings (SSSR count). The SMILES string of the molecule is CN1C(N)=N[C@](C)(c2sc(-c3cccc(C#N)c3)cc2Br)CS1(=O)=O.CN1C(N)=N[C@](C)(c2sc(-c3cccc(C#N)c3)cc2C(F)(F)F)CS1(=O)=O.CN1C(N)=N[C@](C)(c2sc(-c3cncc(C#N)c3)cc2Br)CS1(=O)=O.CN1C(N)=N[C@](C)(c2sc(-c3cncc(C#N)c3)cc2C(F)(F)F)CS1(=O)=O.COc1cnc(C(=O)Nc2ccc(F)c([C@]3(C)CS(=O)(=O)N(C)C(N)=N3)c2)c(C(F)(F)F)c1. The smallest absolute Gasteiger partial charge is 0.418 e. The molecule has 0 bridgehead atoms. The molecule has 7 aromatic heterocycles. The van der Waals surface area contributed by atoms with E-state index in [1.54, 1.807) is 56.4 Å². The van der Waals surface area contributed by atoms with E-state index in [0.717, 1.165) is 127 Å². The maximum Gasteiger partial charge on any atom is 0.418 e. The predicted molar refractivity (Wildman–Crippen MR) is 512 cm³/mol. The highest BCUT2D eigenvalue weighted by atomic mass is 79.9. The van der Waals surface area contributed by atoms with Gasteiger partial charge in [-0.25, -0.2) is 98.0 Å². The lowest BCUT2D eigenvalue weighted by Gasteiger charge is -2.34. The number of anilines is 1. The molecule has 0 saturated heterocycles. The predicted octanol–water partition coefficient (Wildman–Crippen LogP) is 13.0. The van der Waals surface area contributed by atoms with Crippen molar-refractivity contribution in [3.8, 4) is 71.8 Å². The van der Waals surface area contributed by atoms with E-state index in [1.165, 1.54) is 109 Å². The molecule has 0 saturated carbocycles. The first-order valence-electron chi connectivity index (χ1n) is 39.3. The van der Waals surface area contributed by atoms with Gasteiger partial charge < -0.3 is 38.7 Å². The van der Waals surface area contributed by atoms with Crippen molar-refractivity contribution >= 4 is 169 Å². The molecule has 1 amide bonds. The molecule has 0 radical (unpaired) electrons. The minimum absolute atomic E-state index is 0.0259. The normalized spacial score (nSPS) is 21.6. The van der Waals surface area contributed by atoms with Crippen molar-refractivity contribution in [1.29, 1.82) is 21.0 Å².